The van der Waals surface area contributed by atoms with E-state index in [1.807, 2.05) is 18.2 Å². The van der Waals surface area contributed by atoms with E-state index in [2.05, 4.69) is 18.2 Å². The van der Waals surface area contributed by atoms with Gasteiger partial charge in [-0.05, 0) is 30.9 Å². The predicted octanol–water partition coefficient (Wildman–Crippen LogP) is 2.41. The van der Waals surface area contributed by atoms with Crippen LogP contribution < -0.4 is 5.73 Å². The van der Waals surface area contributed by atoms with E-state index >= 15 is 0 Å². The van der Waals surface area contributed by atoms with Crippen molar-refractivity contribution < 1.29 is 0 Å². The van der Waals surface area contributed by atoms with Crippen molar-refractivity contribution in [1.29, 1.82) is 5.26 Å². The van der Waals surface area contributed by atoms with Gasteiger partial charge in [0, 0.05) is 10.6 Å². The Labute approximate surface area is 94.5 Å². The minimum atomic E-state index is -0.624. The summed E-state index contributed by atoms with van der Waals surface area (Å²) in [5.74, 6) is 1.11. The lowest BCUT2D eigenvalue weighted by Gasteiger charge is -2.20. The van der Waals surface area contributed by atoms with Crippen LogP contribution in [0.25, 0.3) is 0 Å². The molecule has 0 spiro atoms. The molecular formula is C12H14N2S. The van der Waals surface area contributed by atoms with Crippen molar-refractivity contribution in [1.82, 2.24) is 0 Å². The molecular weight excluding hydrogens is 204 g/mol. The summed E-state index contributed by atoms with van der Waals surface area (Å²) < 4.78 is 0. The number of benzene rings is 1. The standard InChI is InChI=1S/C12H14N2S/c13-8-12(14,10-6-7-10)9-15-11-4-2-1-3-5-11/h1-5,10H,6-7,9,14H2. The molecule has 0 aliphatic heterocycles. The van der Waals surface area contributed by atoms with E-state index in [-0.39, 0.29) is 0 Å². The first kappa shape index (κ1) is 10.5. The van der Waals surface area contributed by atoms with Gasteiger partial charge in [-0.15, -0.1) is 11.8 Å². The highest BCUT2D eigenvalue weighted by molar-refractivity contribution is 7.99. The SMILES string of the molecule is N#CC(N)(CSc1ccccc1)C1CC1. The molecule has 15 heavy (non-hydrogen) atoms. The van der Waals surface area contributed by atoms with Crippen LogP contribution in [0.5, 0.6) is 0 Å². The molecule has 0 bridgehead atoms. The van der Waals surface area contributed by atoms with Crippen LogP contribution >= 0.6 is 11.8 Å². The van der Waals surface area contributed by atoms with Crippen molar-refractivity contribution in [2.75, 3.05) is 5.75 Å². The first-order valence-corrected chi connectivity index (χ1v) is 6.11. The van der Waals surface area contributed by atoms with E-state index in [9.17, 15) is 0 Å². The van der Waals surface area contributed by atoms with Crippen LogP contribution in [-0.2, 0) is 0 Å². The van der Waals surface area contributed by atoms with Crippen LogP contribution in [0, 0.1) is 17.2 Å². The number of nitrogens with two attached hydrogens (primary N) is 1. The van der Waals surface area contributed by atoms with Gasteiger partial charge in [-0.3, -0.25) is 0 Å². The molecule has 1 aliphatic rings. The van der Waals surface area contributed by atoms with E-state index in [0.717, 1.165) is 12.8 Å². The molecule has 0 heterocycles. The summed E-state index contributed by atoms with van der Waals surface area (Å²) in [7, 11) is 0. The molecule has 1 saturated carbocycles. The summed E-state index contributed by atoms with van der Waals surface area (Å²) in [5.41, 5.74) is 5.44. The van der Waals surface area contributed by atoms with Gasteiger partial charge in [-0.1, -0.05) is 18.2 Å². The average molecular weight is 218 g/mol. The van der Waals surface area contributed by atoms with Crippen molar-refractivity contribution in [2.45, 2.75) is 23.3 Å². The molecule has 0 radical (unpaired) electrons. The molecule has 1 unspecified atom stereocenters. The molecule has 2 N–H and O–H groups in total. The minimum Gasteiger partial charge on any atom is -0.312 e. The predicted molar refractivity (Wildman–Crippen MR) is 62.4 cm³/mol. The Hall–Kier alpha value is -0.980. The summed E-state index contributed by atoms with van der Waals surface area (Å²) in [6.07, 6.45) is 2.22. The van der Waals surface area contributed by atoms with Gasteiger partial charge in [0.2, 0.25) is 0 Å². The molecule has 78 valence electrons. The van der Waals surface area contributed by atoms with Gasteiger partial charge < -0.3 is 5.73 Å². The molecule has 2 nitrogen and oxygen atoms in total. The molecule has 1 fully saturated rings. The average Bonchev–Trinajstić information content (AvgIpc) is 3.11. The van der Waals surface area contributed by atoms with Crippen molar-refractivity contribution in [3.05, 3.63) is 30.3 Å². The van der Waals surface area contributed by atoms with E-state index in [4.69, 9.17) is 11.0 Å². The lowest BCUT2D eigenvalue weighted by Crippen LogP contribution is -2.43. The number of hydrogen-bond donors (Lipinski definition) is 1. The third-order valence-electron chi connectivity index (χ3n) is 2.73. The molecule has 0 aromatic heterocycles. The lowest BCUT2D eigenvalue weighted by molar-refractivity contribution is 0.532. The van der Waals surface area contributed by atoms with Gasteiger partial charge >= 0.3 is 0 Å². The molecule has 0 amide bonds. The second-order valence-electron chi connectivity index (χ2n) is 4.03. The van der Waals surface area contributed by atoms with Gasteiger partial charge in [-0.25, -0.2) is 0 Å². The highest BCUT2D eigenvalue weighted by atomic mass is 32.2. The van der Waals surface area contributed by atoms with Gasteiger partial charge in [0.15, 0.2) is 0 Å². The van der Waals surface area contributed by atoms with Crippen LogP contribution in [0.2, 0.25) is 0 Å². The second kappa shape index (κ2) is 4.26. The number of rotatable bonds is 4. The summed E-state index contributed by atoms with van der Waals surface area (Å²) in [5, 5.41) is 9.09. The monoisotopic (exact) mass is 218 g/mol. The maximum absolute atomic E-state index is 9.09. The van der Waals surface area contributed by atoms with E-state index in [1.54, 1.807) is 11.8 Å². The Balaban J connectivity index is 1.95. The smallest absolute Gasteiger partial charge is 0.116 e. The third-order valence-corrected chi connectivity index (χ3v) is 3.96. The first-order chi connectivity index (χ1) is 7.24. The maximum Gasteiger partial charge on any atom is 0.116 e. The summed E-state index contributed by atoms with van der Waals surface area (Å²) in [4.78, 5) is 1.18. The summed E-state index contributed by atoms with van der Waals surface area (Å²) in [6, 6.07) is 12.4. The molecule has 1 atom stereocenters. The van der Waals surface area contributed by atoms with Crippen molar-refractivity contribution >= 4 is 11.8 Å². The fourth-order valence-corrected chi connectivity index (χ4v) is 2.61. The molecule has 3 heteroatoms. The fraction of sp³-hybridized carbons (Fsp3) is 0.417. The van der Waals surface area contributed by atoms with E-state index in [1.165, 1.54) is 4.90 Å². The van der Waals surface area contributed by atoms with Crippen LogP contribution in [0.15, 0.2) is 35.2 Å². The zero-order valence-electron chi connectivity index (χ0n) is 8.52. The van der Waals surface area contributed by atoms with Gasteiger partial charge in [0.25, 0.3) is 0 Å². The summed E-state index contributed by atoms with van der Waals surface area (Å²) in [6.45, 7) is 0. The Bertz CT molecular complexity index is 367. The maximum atomic E-state index is 9.09. The largest absolute Gasteiger partial charge is 0.312 e. The highest BCUT2D eigenvalue weighted by Crippen LogP contribution is 2.40. The van der Waals surface area contributed by atoms with Crippen LogP contribution in [0.4, 0.5) is 0 Å². The van der Waals surface area contributed by atoms with Crippen LogP contribution in [-0.4, -0.2) is 11.3 Å². The highest BCUT2D eigenvalue weighted by Gasteiger charge is 2.42. The molecule has 1 aliphatic carbocycles. The molecule has 1 aromatic carbocycles. The number of nitriles is 1. The van der Waals surface area contributed by atoms with Crippen LogP contribution in [0.3, 0.4) is 0 Å². The Morgan fingerprint density at radius 2 is 2.07 bits per heavy atom. The van der Waals surface area contributed by atoms with Gasteiger partial charge in [0.1, 0.15) is 5.54 Å². The minimum absolute atomic E-state index is 0.415. The van der Waals surface area contributed by atoms with Gasteiger partial charge in [0.05, 0.1) is 6.07 Å². The Morgan fingerprint density at radius 1 is 1.40 bits per heavy atom. The summed E-state index contributed by atoms with van der Waals surface area (Å²) >= 11 is 1.67. The lowest BCUT2D eigenvalue weighted by atomic mass is 10.00. The van der Waals surface area contributed by atoms with E-state index < -0.39 is 5.54 Å². The normalized spacial score (nSPS) is 19.2. The quantitative estimate of drug-likeness (QED) is 0.789. The van der Waals surface area contributed by atoms with E-state index in [0.29, 0.717) is 11.7 Å². The van der Waals surface area contributed by atoms with Crippen LogP contribution in [0.1, 0.15) is 12.8 Å². The Morgan fingerprint density at radius 3 is 2.60 bits per heavy atom. The zero-order valence-corrected chi connectivity index (χ0v) is 9.33. The second-order valence-corrected chi connectivity index (χ2v) is 5.08. The molecule has 1 aromatic rings. The third kappa shape index (κ3) is 2.53. The zero-order chi connectivity index (χ0) is 10.7. The topological polar surface area (TPSA) is 49.8 Å². The van der Waals surface area contributed by atoms with Gasteiger partial charge in [-0.2, -0.15) is 5.26 Å². The first-order valence-electron chi connectivity index (χ1n) is 5.12. The number of thioether (sulfide) groups is 1. The van der Waals surface area contributed by atoms with Crippen molar-refractivity contribution in [3.8, 4) is 6.07 Å². The molecule has 2 rings (SSSR count). The fourth-order valence-electron chi connectivity index (χ4n) is 1.56. The Kier molecular flexibility index (Phi) is 2.99. The number of hydrogen-bond acceptors (Lipinski definition) is 3. The van der Waals surface area contributed by atoms with Crippen molar-refractivity contribution in [3.63, 3.8) is 0 Å². The van der Waals surface area contributed by atoms with Crippen molar-refractivity contribution in [2.24, 2.45) is 11.7 Å². The number of nitrogens with zero attached hydrogens (tertiary/aromatic N) is 1. The molecule has 0 saturated heterocycles.